The van der Waals surface area contributed by atoms with Crippen molar-refractivity contribution in [2.24, 2.45) is 5.92 Å². The van der Waals surface area contributed by atoms with Gasteiger partial charge in [-0.3, -0.25) is 14.5 Å². The van der Waals surface area contributed by atoms with Crippen LogP contribution in [0.25, 0.3) is 0 Å². The second-order valence-corrected chi connectivity index (χ2v) is 5.28. The van der Waals surface area contributed by atoms with Crippen LogP contribution in [0.15, 0.2) is 24.3 Å². The first kappa shape index (κ1) is 14.0. The molecule has 0 saturated carbocycles. The Morgan fingerprint density at radius 1 is 1.32 bits per heavy atom. The minimum absolute atomic E-state index is 0.00251. The van der Waals surface area contributed by atoms with Gasteiger partial charge >= 0.3 is 5.97 Å². The zero-order chi connectivity index (χ0) is 13.8. The van der Waals surface area contributed by atoms with E-state index in [2.05, 4.69) is 0 Å². The summed E-state index contributed by atoms with van der Waals surface area (Å²) in [7, 11) is 0. The molecule has 1 aliphatic rings. The van der Waals surface area contributed by atoms with E-state index >= 15 is 0 Å². The van der Waals surface area contributed by atoms with Crippen molar-refractivity contribution in [3.8, 4) is 0 Å². The number of carboxylic acids is 1. The van der Waals surface area contributed by atoms with E-state index in [1.165, 1.54) is 0 Å². The Kier molecular flexibility index (Phi) is 4.56. The van der Waals surface area contributed by atoms with Crippen molar-refractivity contribution >= 4 is 23.4 Å². The third-order valence-electron chi connectivity index (χ3n) is 3.39. The third kappa shape index (κ3) is 3.78. The van der Waals surface area contributed by atoms with Crippen LogP contribution in [0.4, 0.5) is 0 Å². The summed E-state index contributed by atoms with van der Waals surface area (Å²) in [5.41, 5.74) is 0.613. The van der Waals surface area contributed by atoms with E-state index in [0.717, 1.165) is 13.0 Å². The molecule has 19 heavy (non-hydrogen) atoms. The Labute approximate surface area is 117 Å². The summed E-state index contributed by atoms with van der Waals surface area (Å²) in [6.07, 6.45) is 1.52. The molecule has 0 aliphatic carbocycles. The zero-order valence-electron chi connectivity index (χ0n) is 10.5. The maximum Gasteiger partial charge on any atom is 0.307 e. The first-order valence-electron chi connectivity index (χ1n) is 6.30. The van der Waals surface area contributed by atoms with Crippen LogP contribution >= 0.6 is 11.6 Å². The van der Waals surface area contributed by atoms with E-state index < -0.39 is 5.97 Å². The SMILES string of the molecule is O=C(CN1CCCC(C(=O)O)C1)c1ccc(Cl)cc1. The Hall–Kier alpha value is -1.39. The Morgan fingerprint density at radius 2 is 2.00 bits per heavy atom. The molecule has 0 bridgehead atoms. The van der Waals surface area contributed by atoms with E-state index in [4.69, 9.17) is 16.7 Å². The highest BCUT2D eigenvalue weighted by atomic mass is 35.5. The number of hydrogen-bond donors (Lipinski definition) is 1. The lowest BCUT2D eigenvalue weighted by molar-refractivity contribution is -0.143. The largest absolute Gasteiger partial charge is 0.481 e. The molecule has 1 unspecified atom stereocenters. The normalized spacial score (nSPS) is 20.2. The molecule has 1 atom stereocenters. The Bertz CT molecular complexity index is 472. The van der Waals surface area contributed by atoms with Crippen LogP contribution in [0.3, 0.4) is 0 Å². The van der Waals surface area contributed by atoms with Crippen molar-refractivity contribution in [3.63, 3.8) is 0 Å². The van der Waals surface area contributed by atoms with Gasteiger partial charge in [0.25, 0.3) is 0 Å². The van der Waals surface area contributed by atoms with Crippen LogP contribution in [0.1, 0.15) is 23.2 Å². The van der Waals surface area contributed by atoms with Crippen LogP contribution in [-0.2, 0) is 4.79 Å². The van der Waals surface area contributed by atoms with E-state index in [1.54, 1.807) is 24.3 Å². The first-order valence-corrected chi connectivity index (χ1v) is 6.68. The molecule has 102 valence electrons. The number of Topliss-reactive ketones (excluding diaryl/α,β-unsaturated/α-hetero) is 1. The van der Waals surface area contributed by atoms with Crippen LogP contribution in [-0.4, -0.2) is 41.4 Å². The highest BCUT2D eigenvalue weighted by Crippen LogP contribution is 2.17. The fourth-order valence-electron chi connectivity index (χ4n) is 2.33. The second kappa shape index (κ2) is 6.17. The van der Waals surface area contributed by atoms with Gasteiger partial charge < -0.3 is 5.11 Å². The van der Waals surface area contributed by atoms with Gasteiger partial charge in [0, 0.05) is 17.1 Å². The predicted octanol–water partition coefficient (Wildman–Crippen LogP) is 2.32. The van der Waals surface area contributed by atoms with Gasteiger partial charge in [-0.2, -0.15) is 0 Å². The average molecular weight is 282 g/mol. The van der Waals surface area contributed by atoms with Crippen LogP contribution in [0.5, 0.6) is 0 Å². The topological polar surface area (TPSA) is 57.6 Å². The fraction of sp³-hybridized carbons (Fsp3) is 0.429. The highest BCUT2D eigenvalue weighted by Gasteiger charge is 2.26. The predicted molar refractivity (Wildman–Crippen MR) is 72.6 cm³/mol. The number of halogens is 1. The number of benzene rings is 1. The summed E-state index contributed by atoms with van der Waals surface area (Å²) in [6, 6.07) is 6.77. The van der Waals surface area contributed by atoms with E-state index in [0.29, 0.717) is 23.6 Å². The monoisotopic (exact) mass is 281 g/mol. The zero-order valence-corrected chi connectivity index (χ0v) is 11.3. The molecule has 4 nitrogen and oxygen atoms in total. The van der Waals surface area contributed by atoms with Crippen molar-refractivity contribution in [1.82, 2.24) is 4.90 Å². The number of carbonyl (C=O) groups excluding carboxylic acids is 1. The van der Waals surface area contributed by atoms with E-state index in [9.17, 15) is 9.59 Å². The van der Waals surface area contributed by atoms with Gasteiger partial charge in [0.05, 0.1) is 12.5 Å². The summed E-state index contributed by atoms with van der Waals surface area (Å²) < 4.78 is 0. The first-order chi connectivity index (χ1) is 9.06. The number of carboxylic acid groups (broad SMARTS) is 1. The van der Waals surface area contributed by atoms with Crippen LogP contribution < -0.4 is 0 Å². The number of likely N-dealkylation sites (tertiary alicyclic amines) is 1. The second-order valence-electron chi connectivity index (χ2n) is 4.84. The lowest BCUT2D eigenvalue weighted by atomic mass is 9.98. The van der Waals surface area contributed by atoms with Crippen molar-refractivity contribution in [3.05, 3.63) is 34.9 Å². The van der Waals surface area contributed by atoms with Crippen molar-refractivity contribution < 1.29 is 14.7 Å². The maximum atomic E-state index is 12.1. The number of ketones is 1. The molecule has 0 amide bonds. The van der Waals surface area contributed by atoms with E-state index in [1.807, 2.05) is 4.90 Å². The standard InChI is InChI=1S/C14H16ClNO3/c15-12-5-3-10(4-6-12)13(17)9-16-7-1-2-11(8-16)14(18)19/h3-6,11H,1-2,7-9H2,(H,18,19). The van der Waals surface area contributed by atoms with E-state index in [-0.39, 0.29) is 18.2 Å². The summed E-state index contributed by atoms with van der Waals surface area (Å²) in [4.78, 5) is 25.0. The quantitative estimate of drug-likeness (QED) is 0.861. The van der Waals surface area contributed by atoms with Gasteiger partial charge in [-0.05, 0) is 43.7 Å². The lowest BCUT2D eigenvalue weighted by Crippen LogP contribution is -2.41. The van der Waals surface area contributed by atoms with Crippen molar-refractivity contribution in [1.29, 1.82) is 0 Å². The lowest BCUT2D eigenvalue weighted by Gasteiger charge is -2.29. The summed E-state index contributed by atoms with van der Waals surface area (Å²) in [5, 5.41) is 9.61. The molecule has 1 saturated heterocycles. The molecule has 1 aliphatic heterocycles. The molecule has 2 rings (SSSR count). The molecule has 1 aromatic rings. The molecular weight excluding hydrogens is 266 g/mol. The highest BCUT2D eigenvalue weighted by molar-refractivity contribution is 6.30. The Balaban J connectivity index is 1.95. The van der Waals surface area contributed by atoms with Gasteiger partial charge in [-0.1, -0.05) is 11.6 Å². The van der Waals surface area contributed by atoms with Gasteiger partial charge in [-0.15, -0.1) is 0 Å². The van der Waals surface area contributed by atoms with Gasteiger partial charge in [0.1, 0.15) is 0 Å². The van der Waals surface area contributed by atoms with Crippen LogP contribution in [0.2, 0.25) is 5.02 Å². The minimum atomic E-state index is -0.774. The summed E-state index contributed by atoms with van der Waals surface area (Å²) >= 11 is 5.78. The number of piperidine rings is 1. The number of aliphatic carboxylic acids is 1. The minimum Gasteiger partial charge on any atom is -0.481 e. The van der Waals surface area contributed by atoms with Gasteiger partial charge in [-0.25, -0.2) is 0 Å². The molecule has 0 aromatic heterocycles. The number of rotatable bonds is 4. The van der Waals surface area contributed by atoms with Gasteiger partial charge in [0.2, 0.25) is 0 Å². The third-order valence-corrected chi connectivity index (χ3v) is 3.64. The van der Waals surface area contributed by atoms with Crippen LogP contribution in [0, 0.1) is 5.92 Å². The smallest absolute Gasteiger partial charge is 0.307 e. The molecular formula is C14H16ClNO3. The molecule has 1 N–H and O–H groups in total. The van der Waals surface area contributed by atoms with Crippen molar-refractivity contribution in [2.45, 2.75) is 12.8 Å². The Morgan fingerprint density at radius 3 is 2.63 bits per heavy atom. The molecule has 1 aromatic carbocycles. The molecule has 1 heterocycles. The molecule has 1 fully saturated rings. The number of carbonyl (C=O) groups is 2. The number of hydrogen-bond acceptors (Lipinski definition) is 3. The summed E-state index contributed by atoms with van der Waals surface area (Å²) in [6.45, 7) is 1.50. The summed E-state index contributed by atoms with van der Waals surface area (Å²) in [5.74, 6) is -1.13. The number of nitrogens with zero attached hydrogens (tertiary/aromatic N) is 1. The molecule has 0 radical (unpaired) electrons. The molecule has 5 heteroatoms. The maximum absolute atomic E-state index is 12.1. The van der Waals surface area contributed by atoms with Gasteiger partial charge in [0.15, 0.2) is 5.78 Å². The van der Waals surface area contributed by atoms with Crippen molar-refractivity contribution in [2.75, 3.05) is 19.6 Å². The molecule has 0 spiro atoms. The fourth-order valence-corrected chi connectivity index (χ4v) is 2.46. The average Bonchev–Trinajstić information content (AvgIpc) is 2.39.